The van der Waals surface area contributed by atoms with Gasteiger partial charge in [-0.2, -0.15) is 0 Å². The van der Waals surface area contributed by atoms with Gasteiger partial charge in [-0.1, -0.05) is 48.9 Å². The van der Waals surface area contributed by atoms with E-state index in [-0.39, 0.29) is 5.91 Å². The van der Waals surface area contributed by atoms with Gasteiger partial charge < -0.3 is 4.90 Å². The van der Waals surface area contributed by atoms with Crippen molar-refractivity contribution >= 4 is 16.8 Å². The highest BCUT2D eigenvalue weighted by atomic mass is 16.2. The molecule has 1 unspecified atom stereocenters. The maximum atomic E-state index is 13.5. The highest BCUT2D eigenvalue weighted by Gasteiger charge is 2.27. The number of fused-ring (bicyclic) bond motifs is 1. The van der Waals surface area contributed by atoms with Crippen LogP contribution >= 0.6 is 0 Å². The Morgan fingerprint density at radius 3 is 2.78 bits per heavy atom. The Labute approximate surface area is 161 Å². The lowest BCUT2D eigenvalue weighted by Crippen LogP contribution is -2.43. The molecular formula is C24H26N2O. The number of hydrogen-bond acceptors (Lipinski definition) is 2. The van der Waals surface area contributed by atoms with Crippen molar-refractivity contribution in [3.05, 3.63) is 65.7 Å². The van der Waals surface area contributed by atoms with Gasteiger partial charge >= 0.3 is 0 Å². The van der Waals surface area contributed by atoms with Crippen LogP contribution in [0.3, 0.4) is 0 Å². The summed E-state index contributed by atoms with van der Waals surface area (Å²) in [6, 6.07) is 18.6. The van der Waals surface area contributed by atoms with Gasteiger partial charge in [0.25, 0.3) is 5.91 Å². The Morgan fingerprint density at radius 2 is 1.96 bits per heavy atom. The van der Waals surface area contributed by atoms with Crippen molar-refractivity contribution in [2.75, 3.05) is 6.54 Å². The van der Waals surface area contributed by atoms with Gasteiger partial charge in [0, 0.05) is 23.5 Å². The number of likely N-dealkylation sites (tertiary alicyclic amines) is 1. The Kier molecular flexibility index (Phi) is 4.93. The lowest BCUT2D eigenvalue weighted by Gasteiger charge is -2.35. The molecule has 3 heteroatoms. The summed E-state index contributed by atoms with van der Waals surface area (Å²) in [5.41, 5.74) is 4.77. The first-order valence-corrected chi connectivity index (χ1v) is 9.95. The lowest BCUT2D eigenvalue weighted by molar-refractivity contribution is 0.0610. The number of hydrogen-bond donors (Lipinski definition) is 0. The molecule has 1 aliphatic heterocycles. The Balaban J connectivity index is 1.84. The summed E-state index contributed by atoms with van der Waals surface area (Å²) in [6.45, 7) is 5.11. The molecule has 0 N–H and O–H groups in total. The Morgan fingerprint density at radius 1 is 1.11 bits per heavy atom. The van der Waals surface area contributed by atoms with Crippen LogP contribution in [0.25, 0.3) is 22.2 Å². The van der Waals surface area contributed by atoms with Crippen LogP contribution in [-0.4, -0.2) is 28.4 Å². The quantitative estimate of drug-likeness (QED) is 0.609. The molecule has 2 heterocycles. The van der Waals surface area contributed by atoms with E-state index in [1.54, 1.807) is 0 Å². The summed E-state index contributed by atoms with van der Waals surface area (Å²) in [5.74, 6) is 0.147. The molecular weight excluding hydrogens is 332 g/mol. The van der Waals surface area contributed by atoms with Gasteiger partial charge in [-0.25, -0.2) is 4.98 Å². The first-order valence-electron chi connectivity index (χ1n) is 9.95. The van der Waals surface area contributed by atoms with Crippen LogP contribution in [0, 0.1) is 6.92 Å². The number of aryl methyl sites for hydroxylation is 1. The second-order valence-electron chi connectivity index (χ2n) is 7.50. The van der Waals surface area contributed by atoms with Crippen LogP contribution in [0.1, 0.15) is 48.5 Å². The van der Waals surface area contributed by atoms with E-state index in [2.05, 4.69) is 36.9 Å². The zero-order valence-corrected chi connectivity index (χ0v) is 16.1. The van der Waals surface area contributed by atoms with E-state index in [0.29, 0.717) is 6.04 Å². The van der Waals surface area contributed by atoms with E-state index in [4.69, 9.17) is 4.98 Å². The highest BCUT2D eigenvalue weighted by molar-refractivity contribution is 6.07. The smallest absolute Gasteiger partial charge is 0.254 e. The maximum Gasteiger partial charge on any atom is 0.254 e. The monoisotopic (exact) mass is 358 g/mol. The molecule has 4 rings (SSSR count). The summed E-state index contributed by atoms with van der Waals surface area (Å²) in [7, 11) is 0. The molecule has 1 aliphatic rings. The van der Waals surface area contributed by atoms with Crippen molar-refractivity contribution in [3.8, 4) is 11.3 Å². The fourth-order valence-electron chi connectivity index (χ4n) is 4.15. The average Bonchev–Trinajstić information content (AvgIpc) is 2.72. The van der Waals surface area contributed by atoms with Crippen molar-refractivity contribution in [2.45, 2.75) is 45.6 Å². The third kappa shape index (κ3) is 3.46. The first-order chi connectivity index (χ1) is 13.2. The predicted octanol–water partition coefficient (Wildman–Crippen LogP) is 5.61. The molecule has 0 saturated carbocycles. The van der Waals surface area contributed by atoms with Crippen LogP contribution in [0.2, 0.25) is 0 Å². The van der Waals surface area contributed by atoms with Crippen LogP contribution in [0.5, 0.6) is 0 Å². The van der Waals surface area contributed by atoms with Gasteiger partial charge in [-0.15, -0.1) is 0 Å². The van der Waals surface area contributed by atoms with Gasteiger partial charge in [0.1, 0.15) is 0 Å². The van der Waals surface area contributed by atoms with Crippen LogP contribution in [-0.2, 0) is 0 Å². The van der Waals surface area contributed by atoms with Gasteiger partial charge in [-0.05, 0) is 50.8 Å². The zero-order chi connectivity index (χ0) is 18.8. The number of piperidine rings is 1. The molecule has 1 saturated heterocycles. The van der Waals surface area contributed by atoms with E-state index in [1.807, 2.05) is 36.4 Å². The van der Waals surface area contributed by atoms with Crippen molar-refractivity contribution in [2.24, 2.45) is 0 Å². The zero-order valence-electron chi connectivity index (χ0n) is 16.1. The second-order valence-corrected chi connectivity index (χ2v) is 7.50. The second kappa shape index (κ2) is 7.51. The fraction of sp³-hybridized carbons (Fsp3) is 0.333. The minimum atomic E-state index is 0.147. The van der Waals surface area contributed by atoms with E-state index in [0.717, 1.165) is 53.5 Å². The molecule has 2 aromatic carbocycles. The van der Waals surface area contributed by atoms with Crippen LogP contribution in [0.15, 0.2) is 54.6 Å². The predicted molar refractivity (Wildman–Crippen MR) is 111 cm³/mol. The molecule has 3 aromatic rings. The fourth-order valence-corrected chi connectivity index (χ4v) is 4.15. The topological polar surface area (TPSA) is 33.2 Å². The normalized spacial score (nSPS) is 17.3. The molecule has 27 heavy (non-hydrogen) atoms. The molecule has 0 spiro atoms. The number of nitrogens with zero attached hydrogens (tertiary/aromatic N) is 2. The summed E-state index contributed by atoms with van der Waals surface area (Å²) >= 11 is 0. The summed E-state index contributed by atoms with van der Waals surface area (Å²) in [4.78, 5) is 20.5. The third-order valence-electron chi connectivity index (χ3n) is 5.62. The van der Waals surface area contributed by atoms with Gasteiger partial charge in [0.05, 0.1) is 16.8 Å². The Hall–Kier alpha value is -2.68. The lowest BCUT2D eigenvalue weighted by atomic mass is 9.97. The summed E-state index contributed by atoms with van der Waals surface area (Å²) in [6.07, 6.45) is 4.43. The van der Waals surface area contributed by atoms with Crippen molar-refractivity contribution < 1.29 is 4.79 Å². The number of rotatable bonds is 3. The minimum absolute atomic E-state index is 0.147. The summed E-state index contributed by atoms with van der Waals surface area (Å²) < 4.78 is 0. The average molecular weight is 358 g/mol. The maximum absolute atomic E-state index is 13.5. The molecule has 1 amide bonds. The number of para-hydroxylation sites is 1. The van der Waals surface area contributed by atoms with E-state index >= 15 is 0 Å². The number of carbonyl (C=O) groups excluding carboxylic acids is 1. The third-order valence-corrected chi connectivity index (χ3v) is 5.62. The largest absolute Gasteiger partial charge is 0.336 e. The number of carbonyl (C=O) groups is 1. The molecule has 138 valence electrons. The number of aromatic nitrogens is 1. The summed E-state index contributed by atoms with van der Waals surface area (Å²) in [5, 5.41) is 0.944. The van der Waals surface area contributed by atoms with Gasteiger partial charge in [0.15, 0.2) is 0 Å². The molecule has 1 aromatic heterocycles. The highest BCUT2D eigenvalue weighted by Crippen LogP contribution is 2.29. The van der Waals surface area contributed by atoms with Crippen molar-refractivity contribution in [3.63, 3.8) is 0 Å². The first kappa shape index (κ1) is 17.7. The van der Waals surface area contributed by atoms with Crippen LogP contribution in [0.4, 0.5) is 0 Å². The number of amides is 1. The molecule has 3 nitrogen and oxygen atoms in total. The van der Waals surface area contributed by atoms with E-state index in [1.165, 1.54) is 12.0 Å². The molecule has 1 fully saturated rings. The Bertz CT molecular complexity index is 979. The van der Waals surface area contributed by atoms with Gasteiger partial charge in [0.2, 0.25) is 0 Å². The minimum Gasteiger partial charge on any atom is -0.336 e. The van der Waals surface area contributed by atoms with Gasteiger partial charge in [-0.3, -0.25) is 4.79 Å². The molecule has 0 bridgehead atoms. The number of benzene rings is 2. The standard InChI is InChI=1S/C24H26N2O/c1-3-19-11-6-7-14-26(19)24(27)21-16-23(18-10-8-9-17(2)15-18)25-22-13-5-4-12-20(21)22/h4-5,8-10,12-13,15-16,19H,3,6-7,11,14H2,1-2H3. The molecule has 0 aliphatic carbocycles. The van der Waals surface area contributed by atoms with E-state index in [9.17, 15) is 4.79 Å². The van der Waals surface area contributed by atoms with Crippen molar-refractivity contribution in [1.29, 1.82) is 0 Å². The number of pyridine rings is 1. The molecule has 0 radical (unpaired) electrons. The van der Waals surface area contributed by atoms with Crippen LogP contribution < -0.4 is 0 Å². The molecule has 1 atom stereocenters. The SMILES string of the molecule is CCC1CCCCN1C(=O)c1cc(-c2cccc(C)c2)nc2ccccc12. The van der Waals surface area contributed by atoms with E-state index < -0.39 is 0 Å². The van der Waals surface area contributed by atoms with Crippen molar-refractivity contribution in [1.82, 2.24) is 9.88 Å².